The summed E-state index contributed by atoms with van der Waals surface area (Å²) in [6.45, 7) is 11.1. The number of furan rings is 1. The maximum atomic E-state index is 9.21. The Morgan fingerprint density at radius 3 is 1.13 bits per heavy atom. The molecule has 0 radical (unpaired) electrons. The fourth-order valence-electron chi connectivity index (χ4n) is 11.2. The summed E-state index contributed by atoms with van der Waals surface area (Å²) in [5.74, 6) is 8.66. The Balaban J connectivity index is 0.000000181. The van der Waals surface area contributed by atoms with Crippen LogP contribution in [0.3, 0.4) is 0 Å². The van der Waals surface area contributed by atoms with Gasteiger partial charge in [-0.05, 0) is 169 Å². The van der Waals surface area contributed by atoms with Crippen LogP contribution >= 0.6 is 0 Å². The molecule has 4 N–H and O–H groups in total. The molecule has 0 atom stereocenters. The summed E-state index contributed by atoms with van der Waals surface area (Å²) in [6, 6.07) is 121. The van der Waals surface area contributed by atoms with Gasteiger partial charge in [-0.25, -0.2) is 0 Å². The Morgan fingerprint density at radius 2 is 0.673 bits per heavy atom. The Bertz CT molecular complexity index is 4850. The lowest BCUT2D eigenvalue weighted by Gasteiger charge is -2.28. The molecule has 1 heterocycles. The molecular formula is C97H100O12Si. The molecule has 0 unspecified atom stereocenters. The van der Waals surface area contributed by atoms with E-state index in [0.717, 1.165) is 74.9 Å². The number of fused-ring (bicyclic) bond motifs is 3. The summed E-state index contributed by atoms with van der Waals surface area (Å²) in [7, 11) is 5.20. The van der Waals surface area contributed by atoms with Crippen molar-refractivity contribution in [2.24, 2.45) is 0 Å². The third-order valence-corrected chi connectivity index (χ3v) is 22.6. The van der Waals surface area contributed by atoms with Gasteiger partial charge in [-0.1, -0.05) is 269 Å². The second-order valence-electron chi connectivity index (χ2n) is 24.7. The minimum atomic E-state index is -1.41. The summed E-state index contributed by atoms with van der Waals surface area (Å²) >= 11 is 0. The van der Waals surface area contributed by atoms with Crippen LogP contribution in [0.1, 0.15) is 43.0 Å². The molecule has 0 saturated carbocycles. The van der Waals surface area contributed by atoms with E-state index < -0.39 is 8.07 Å². The van der Waals surface area contributed by atoms with E-state index in [-0.39, 0.29) is 17.2 Å². The Kier molecular flexibility index (Phi) is 36.3. The van der Waals surface area contributed by atoms with Crippen LogP contribution in [0, 0.1) is 13.8 Å². The number of methoxy groups -OCH3 is 4. The lowest BCUT2D eigenvalue weighted by molar-refractivity contribution is 0.353. The number of hydrogen-bond acceptors (Lipinski definition) is 12. The lowest BCUT2D eigenvalue weighted by atomic mass is 10.1. The van der Waals surface area contributed by atoms with E-state index in [0.29, 0.717) is 11.5 Å². The summed E-state index contributed by atoms with van der Waals surface area (Å²) < 4.78 is 43.8. The van der Waals surface area contributed by atoms with Crippen molar-refractivity contribution in [1.29, 1.82) is 0 Å². The van der Waals surface area contributed by atoms with Crippen molar-refractivity contribution >= 4 is 35.2 Å². The molecule has 0 saturated heterocycles. The largest absolute Gasteiger partial charge is 0.508 e. The summed E-state index contributed by atoms with van der Waals surface area (Å²) in [4.78, 5) is 0. The predicted octanol–water partition coefficient (Wildman–Crippen LogP) is 25.2. The quantitative estimate of drug-likeness (QED) is 0.0680. The van der Waals surface area contributed by atoms with E-state index in [1.807, 2.05) is 232 Å². The highest BCUT2D eigenvalue weighted by atomic mass is 28.3. The van der Waals surface area contributed by atoms with E-state index in [2.05, 4.69) is 99.6 Å². The second kappa shape index (κ2) is 47.5. The van der Waals surface area contributed by atoms with Gasteiger partial charge in [0.2, 0.25) is 0 Å². The summed E-state index contributed by atoms with van der Waals surface area (Å²) in [5.41, 5.74) is 6.98. The molecule has 0 bridgehead atoms. The zero-order chi connectivity index (χ0) is 78.4. The zero-order valence-electron chi connectivity index (χ0n) is 64.1. The molecule has 0 spiro atoms. The average Bonchev–Trinajstić information content (AvgIpc) is 1.60. The van der Waals surface area contributed by atoms with E-state index in [1.54, 1.807) is 83.0 Å². The first-order chi connectivity index (χ1) is 53.7. The number of ether oxygens (including phenoxy) is 7. The molecule has 15 rings (SSSR count). The molecule has 564 valence electrons. The maximum absolute atomic E-state index is 9.21. The summed E-state index contributed by atoms with van der Waals surface area (Å²) in [5, 5.41) is 39.2. The van der Waals surface area contributed by atoms with Gasteiger partial charge in [0, 0.05) is 29.0 Å². The number of hydrogen-bond donors (Lipinski definition) is 4. The highest BCUT2D eigenvalue weighted by Crippen LogP contribution is 2.34. The van der Waals surface area contributed by atoms with Crippen LogP contribution in [-0.4, -0.2) is 56.9 Å². The third-order valence-electron chi connectivity index (χ3n) is 17.0. The van der Waals surface area contributed by atoms with Gasteiger partial charge in [0.05, 0.1) is 36.5 Å². The van der Waals surface area contributed by atoms with Gasteiger partial charge in [0.1, 0.15) is 80.2 Å². The van der Waals surface area contributed by atoms with Gasteiger partial charge >= 0.3 is 0 Å². The molecule has 0 aliphatic carbocycles. The first kappa shape index (κ1) is 84.2. The monoisotopic (exact) mass is 1480 g/mol. The first-order valence-corrected chi connectivity index (χ1v) is 39.0. The van der Waals surface area contributed by atoms with Crippen molar-refractivity contribution in [3.8, 4) is 80.5 Å². The van der Waals surface area contributed by atoms with Crippen LogP contribution in [-0.2, 0) is 6.42 Å². The van der Waals surface area contributed by atoms with Crippen molar-refractivity contribution in [2.45, 2.75) is 59.2 Å². The van der Waals surface area contributed by atoms with Crippen molar-refractivity contribution in [1.82, 2.24) is 0 Å². The average molecular weight is 1490 g/mol. The number of phenolic OH excluding ortho intramolecular Hbond substituents is 4. The van der Waals surface area contributed by atoms with Crippen molar-refractivity contribution in [3.05, 3.63) is 392 Å². The van der Waals surface area contributed by atoms with Crippen molar-refractivity contribution in [3.63, 3.8) is 0 Å². The Labute approximate surface area is 649 Å². The Hall–Kier alpha value is -13.1. The smallest absolute Gasteiger partial charge is 0.163 e. The van der Waals surface area contributed by atoms with Gasteiger partial charge < -0.3 is 58.0 Å². The molecule has 0 aliphatic heterocycles. The SMILES string of the molecule is CC[Si](CC)(CC)c1cccc2c1oc1ccccc12.COc1cccc(C)c1.COc1cccc(C)c1OC.COc1ccccc1.Oc1cccc(O)c1.Oc1cccc(Oc2ccccc2)c1.Oc1ccccc1.c1ccc(Cc2cccc(Oc3cccc(Oc4ccccc4)c3)c2)cc1.c1ccccc1. The summed E-state index contributed by atoms with van der Waals surface area (Å²) in [6.07, 6.45) is 0.884. The fraction of sp³-hybridized carbons (Fsp3) is 0.134. The van der Waals surface area contributed by atoms with Crippen LogP contribution in [0.15, 0.2) is 374 Å². The minimum absolute atomic E-state index is 0.0880. The molecule has 12 nitrogen and oxygen atoms in total. The van der Waals surface area contributed by atoms with Gasteiger partial charge in [-0.3, -0.25) is 0 Å². The number of phenols is 4. The number of benzene rings is 14. The number of rotatable bonds is 16. The number of para-hydroxylation sites is 7. The van der Waals surface area contributed by atoms with Gasteiger partial charge in [0.25, 0.3) is 0 Å². The minimum Gasteiger partial charge on any atom is -0.508 e. The molecular weight excluding hydrogens is 1390 g/mol. The standard InChI is InChI=1S/C25H20O2.C18H22OSi.C12H10O2.C9H12O2.C8H10O.C7H8O.C6H6O2.C6H6O.C6H6/c1-3-9-20(10-4-1)17-21-11-7-14-23(18-21)27-25-16-8-15-24(19-25)26-22-12-5-2-6-13-22;1-4-20(5-2,6-3)17-13-9-11-15-14-10-7-8-12-16(14)19-18(15)17;13-10-5-4-8-12(9-10)14-11-6-2-1-3-7-11;1-7-5-4-6-8(10-2)9(7)11-3;1-7-4-3-5-8(6-7)9-2;1-8-7-5-3-2-4-6-7;7-5-2-1-3-6(8)4-5;7-6-4-2-1-3-5-6;1-2-4-6-5-3-1/h1-16,18-19H,17H2;7-13H,4-6H2,1-3H3;1-9,13H;4-6H,1-3H3;3-6H,1-2H3;2-6H,1H3;1-4,7-8H;1-5,7H;1-6H. The highest BCUT2D eigenvalue weighted by Gasteiger charge is 2.32. The van der Waals surface area contributed by atoms with E-state index >= 15 is 0 Å². The topological polar surface area (TPSA) is 159 Å². The first-order valence-electron chi connectivity index (χ1n) is 36.3. The van der Waals surface area contributed by atoms with Gasteiger partial charge in [0.15, 0.2) is 11.5 Å². The molecule has 1 aromatic heterocycles. The van der Waals surface area contributed by atoms with E-state index in [1.165, 1.54) is 69.0 Å². The van der Waals surface area contributed by atoms with Gasteiger partial charge in [-0.15, -0.1) is 0 Å². The van der Waals surface area contributed by atoms with Crippen molar-refractivity contribution in [2.75, 3.05) is 28.4 Å². The zero-order valence-corrected chi connectivity index (χ0v) is 65.1. The third kappa shape index (κ3) is 29.3. The predicted molar refractivity (Wildman–Crippen MR) is 453 cm³/mol. The molecule has 0 fully saturated rings. The molecule has 13 heteroatoms. The molecule has 14 aromatic carbocycles. The number of aryl methyl sites for hydroxylation is 2. The second-order valence-corrected chi connectivity index (χ2v) is 29.9. The van der Waals surface area contributed by atoms with E-state index in [9.17, 15) is 5.11 Å². The van der Waals surface area contributed by atoms with Crippen LogP contribution in [0.5, 0.6) is 80.5 Å². The Morgan fingerprint density at radius 1 is 0.291 bits per heavy atom. The molecule has 0 amide bonds. The van der Waals surface area contributed by atoms with Crippen LogP contribution in [0.2, 0.25) is 18.1 Å². The number of aromatic hydroxyl groups is 4. The van der Waals surface area contributed by atoms with Crippen molar-refractivity contribution < 1.29 is 58.0 Å². The van der Waals surface area contributed by atoms with Crippen LogP contribution < -0.4 is 38.3 Å². The molecule has 110 heavy (non-hydrogen) atoms. The van der Waals surface area contributed by atoms with Crippen LogP contribution in [0.25, 0.3) is 21.9 Å². The van der Waals surface area contributed by atoms with E-state index in [4.69, 9.17) is 52.9 Å². The fourth-order valence-corrected chi connectivity index (χ4v) is 15.0. The highest BCUT2D eigenvalue weighted by molar-refractivity contribution is 6.93. The lowest BCUT2D eigenvalue weighted by Crippen LogP contribution is -2.45. The normalized spacial score (nSPS) is 9.97. The van der Waals surface area contributed by atoms with Gasteiger partial charge in [-0.2, -0.15) is 0 Å². The molecule has 0 aliphatic rings. The maximum Gasteiger partial charge on any atom is 0.163 e. The van der Waals surface area contributed by atoms with Crippen LogP contribution in [0.4, 0.5) is 0 Å². The molecule has 15 aromatic rings.